The Kier molecular flexibility index (Phi) is 8.61. The number of anilines is 1. The van der Waals surface area contributed by atoms with Crippen LogP contribution in [0.15, 0.2) is 89.5 Å². The molecule has 4 N–H and O–H groups in total. The summed E-state index contributed by atoms with van der Waals surface area (Å²) in [5.74, 6) is -4.25. The molecule has 7 nitrogen and oxygen atoms in total. The molecule has 1 aliphatic rings. The number of amides is 1. The fraction of sp³-hybridized carbons (Fsp3) is 0.200. The highest BCUT2D eigenvalue weighted by Crippen LogP contribution is 2.37. The van der Waals surface area contributed by atoms with Crippen molar-refractivity contribution in [3.63, 3.8) is 0 Å². The van der Waals surface area contributed by atoms with E-state index in [-0.39, 0.29) is 38.4 Å². The summed E-state index contributed by atoms with van der Waals surface area (Å²) in [5.41, 5.74) is 9.70. The molecule has 236 valence electrons. The summed E-state index contributed by atoms with van der Waals surface area (Å²) in [6, 6.07) is 19.5. The topological polar surface area (TPSA) is 105 Å². The zero-order chi connectivity index (χ0) is 32.4. The minimum Gasteiger partial charge on any atom is -0.459 e. The molecule has 0 spiro atoms. The third-order valence-electron chi connectivity index (χ3n) is 7.99. The first-order chi connectivity index (χ1) is 22.0. The van der Waals surface area contributed by atoms with Gasteiger partial charge in [0, 0.05) is 49.2 Å². The molecule has 1 fully saturated rings. The number of nitrogens with two attached hydrogens (primary N) is 1. The van der Waals surface area contributed by atoms with Gasteiger partial charge in [0.15, 0.2) is 11.6 Å². The van der Waals surface area contributed by atoms with Crippen LogP contribution in [-0.4, -0.2) is 39.9 Å². The number of piperidine rings is 1. The van der Waals surface area contributed by atoms with Crippen LogP contribution < -0.4 is 11.1 Å². The number of hydrogen-bond acceptors (Lipinski definition) is 6. The van der Waals surface area contributed by atoms with Gasteiger partial charge in [0.1, 0.15) is 23.4 Å². The summed E-state index contributed by atoms with van der Waals surface area (Å²) in [6.45, 7) is 0.243. The van der Waals surface area contributed by atoms with Crippen LogP contribution >= 0.6 is 0 Å². The van der Waals surface area contributed by atoms with Crippen LogP contribution in [0.3, 0.4) is 0 Å². The predicted octanol–water partition coefficient (Wildman–Crippen LogP) is 7.07. The molecule has 1 aliphatic heterocycles. The zero-order valence-corrected chi connectivity index (χ0v) is 24.5. The Labute approximate surface area is 262 Å². The Bertz CT molecular complexity index is 1900. The van der Waals surface area contributed by atoms with Crippen molar-refractivity contribution in [3.05, 3.63) is 114 Å². The van der Waals surface area contributed by atoms with Gasteiger partial charge < -0.3 is 20.6 Å². The zero-order valence-electron chi connectivity index (χ0n) is 24.5. The first-order valence-electron chi connectivity index (χ1n) is 14.6. The maximum Gasteiger partial charge on any atom is 0.250 e. The van der Waals surface area contributed by atoms with Crippen LogP contribution in [0.5, 0.6) is 0 Å². The van der Waals surface area contributed by atoms with Crippen molar-refractivity contribution in [1.29, 1.82) is 0 Å². The molecular formula is C35H30F4N4O3. The Morgan fingerprint density at radius 2 is 1.72 bits per heavy atom. The van der Waals surface area contributed by atoms with E-state index in [1.54, 1.807) is 65.7 Å². The number of halogens is 4. The molecule has 5 aromatic rings. The van der Waals surface area contributed by atoms with Crippen LogP contribution in [0.1, 0.15) is 36.0 Å². The van der Waals surface area contributed by atoms with Gasteiger partial charge >= 0.3 is 0 Å². The van der Waals surface area contributed by atoms with Crippen LogP contribution in [0.25, 0.3) is 39.3 Å². The van der Waals surface area contributed by atoms with Gasteiger partial charge in [0.05, 0.1) is 6.54 Å². The Hall–Kier alpha value is -5.00. The van der Waals surface area contributed by atoms with Crippen LogP contribution in [0.2, 0.25) is 0 Å². The van der Waals surface area contributed by atoms with Gasteiger partial charge in [0.2, 0.25) is 5.91 Å². The molecular weight excluding hydrogens is 600 g/mol. The van der Waals surface area contributed by atoms with Crippen molar-refractivity contribution in [2.75, 3.05) is 18.8 Å². The van der Waals surface area contributed by atoms with Gasteiger partial charge in [-0.1, -0.05) is 30.3 Å². The van der Waals surface area contributed by atoms with Crippen molar-refractivity contribution in [2.24, 2.45) is 0 Å². The smallest absolute Gasteiger partial charge is 0.250 e. The Balaban J connectivity index is 1.26. The number of benzene rings is 3. The number of furan rings is 1. The van der Waals surface area contributed by atoms with Gasteiger partial charge in [-0.05, 0) is 76.4 Å². The predicted molar refractivity (Wildman–Crippen MR) is 167 cm³/mol. The fourth-order valence-corrected chi connectivity index (χ4v) is 5.41. The van der Waals surface area contributed by atoms with E-state index >= 15 is 0 Å². The minimum absolute atomic E-state index is 0.0689. The van der Waals surface area contributed by atoms with E-state index < -0.39 is 23.8 Å². The highest BCUT2D eigenvalue weighted by Gasteiger charge is 2.36. The first-order valence-corrected chi connectivity index (χ1v) is 14.6. The summed E-state index contributed by atoms with van der Waals surface area (Å²) < 4.78 is 61.4. The highest BCUT2D eigenvalue weighted by molar-refractivity contribution is 5.97. The van der Waals surface area contributed by atoms with Crippen molar-refractivity contribution in [1.82, 2.24) is 15.2 Å². The maximum absolute atomic E-state index is 14.3. The molecule has 1 atom stereocenters. The summed E-state index contributed by atoms with van der Waals surface area (Å²) in [4.78, 5) is 18.1. The molecule has 0 bridgehead atoms. The van der Waals surface area contributed by atoms with Crippen molar-refractivity contribution in [3.8, 4) is 22.3 Å². The number of aliphatic hydroxyl groups excluding tert-OH is 1. The molecule has 3 aromatic carbocycles. The number of carbonyl (C=O) groups excluding carboxylic acids is 1. The lowest BCUT2D eigenvalue weighted by molar-refractivity contribution is -0.116. The quantitative estimate of drug-likeness (QED) is 0.125. The molecule has 11 heteroatoms. The highest BCUT2D eigenvalue weighted by atomic mass is 19.3. The number of aliphatic hydroxyl groups is 1. The number of nitrogens with one attached hydrogen (secondary N) is 1. The van der Waals surface area contributed by atoms with Crippen LogP contribution in [-0.2, 0) is 11.3 Å². The first kappa shape index (κ1) is 31.0. The van der Waals surface area contributed by atoms with Crippen molar-refractivity contribution >= 4 is 28.8 Å². The maximum atomic E-state index is 14.3. The number of likely N-dealkylation sites (tertiary alicyclic amines) is 1. The number of nitrogen functional groups attached to an aromatic ring is 1. The summed E-state index contributed by atoms with van der Waals surface area (Å²) in [6.07, 6.45) is 2.89. The Morgan fingerprint density at radius 1 is 0.978 bits per heavy atom. The molecule has 1 amide bonds. The number of hydrogen-bond donors (Lipinski definition) is 3. The molecule has 0 radical (unpaired) electrons. The molecule has 0 saturated carbocycles. The minimum atomic E-state index is -2.71. The van der Waals surface area contributed by atoms with Gasteiger partial charge in [-0.3, -0.25) is 9.69 Å². The van der Waals surface area contributed by atoms with E-state index in [2.05, 4.69) is 10.3 Å². The lowest BCUT2D eigenvalue weighted by Crippen LogP contribution is -2.41. The molecule has 6 rings (SSSR count). The summed E-state index contributed by atoms with van der Waals surface area (Å²) >= 11 is 0. The number of pyridine rings is 1. The molecule has 46 heavy (non-hydrogen) atoms. The number of alkyl halides is 2. The van der Waals surface area contributed by atoms with Crippen LogP contribution in [0.4, 0.5) is 23.4 Å². The number of aromatic nitrogens is 1. The van der Waals surface area contributed by atoms with E-state index in [0.717, 1.165) is 23.3 Å². The second-order valence-electron chi connectivity index (χ2n) is 11.2. The third-order valence-corrected chi connectivity index (χ3v) is 7.99. The lowest BCUT2D eigenvalue weighted by atomic mass is 9.95. The second-order valence-corrected chi connectivity index (χ2v) is 11.2. The van der Waals surface area contributed by atoms with Gasteiger partial charge in [-0.25, -0.2) is 22.5 Å². The van der Waals surface area contributed by atoms with Crippen molar-refractivity contribution in [2.45, 2.75) is 31.5 Å². The fourth-order valence-electron chi connectivity index (χ4n) is 5.41. The van der Waals surface area contributed by atoms with E-state index in [1.807, 2.05) is 6.07 Å². The largest absolute Gasteiger partial charge is 0.459 e. The average Bonchev–Trinajstić information content (AvgIpc) is 3.47. The van der Waals surface area contributed by atoms with Crippen molar-refractivity contribution < 1.29 is 31.9 Å². The molecule has 0 aliphatic carbocycles. The van der Waals surface area contributed by atoms with E-state index in [4.69, 9.17) is 10.2 Å². The SMILES string of the molecule is Nc1ccc(/C=C/C(=O)NCc2cc3cc(-c4ccc(C(O)N5CCC(F)(F)CC5)cc4)cc(-c4ccc(F)c(F)c4)c3o2)cn1. The Morgan fingerprint density at radius 3 is 2.41 bits per heavy atom. The number of fused-ring (bicyclic) bond motifs is 1. The third kappa shape index (κ3) is 6.95. The standard InChI is InChI=1S/C35H30F4N4O3/c36-29-8-7-24(18-30(29)37)28-17-25(22-3-5-23(6-4-22)34(45)43-13-11-35(38,39)12-14-43)15-26-16-27(46-33(26)28)20-42-32(44)10-2-21-1-9-31(40)41-19-21/h1-10,15-19,34,45H,11-14,20H2,(H2,40,41)(H,42,44)/b10-2+. The van der Waals surface area contributed by atoms with E-state index in [0.29, 0.717) is 44.8 Å². The van der Waals surface area contributed by atoms with E-state index in [9.17, 15) is 27.5 Å². The second kappa shape index (κ2) is 12.8. The summed E-state index contributed by atoms with van der Waals surface area (Å²) in [7, 11) is 0. The molecule has 1 saturated heterocycles. The average molecular weight is 631 g/mol. The van der Waals surface area contributed by atoms with Gasteiger partial charge in [-0.15, -0.1) is 0 Å². The molecule has 1 unspecified atom stereocenters. The number of rotatable bonds is 8. The number of carbonyl (C=O) groups is 1. The van der Waals surface area contributed by atoms with E-state index in [1.165, 1.54) is 12.1 Å². The monoisotopic (exact) mass is 630 g/mol. The molecule has 3 heterocycles. The normalized spacial score (nSPS) is 15.8. The van der Waals surface area contributed by atoms with Gasteiger partial charge in [-0.2, -0.15) is 0 Å². The summed E-state index contributed by atoms with van der Waals surface area (Å²) in [5, 5.41) is 14.3. The van der Waals surface area contributed by atoms with Gasteiger partial charge in [0.25, 0.3) is 5.92 Å². The molecule has 2 aromatic heterocycles. The lowest BCUT2D eigenvalue weighted by Gasteiger charge is -2.35. The van der Waals surface area contributed by atoms with Crippen LogP contribution in [0, 0.1) is 11.6 Å². The number of nitrogens with zero attached hydrogens (tertiary/aromatic N) is 2.